The molecule has 21 heavy (non-hydrogen) atoms. The highest BCUT2D eigenvalue weighted by molar-refractivity contribution is 7.17. The van der Waals surface area contributed by atoms with Crippen molar-refractivity contribution in [3.63, 3.8) is 0 Å². The molecule has 3 aromatic rings. The molecule has 0 radical (unpaired) electrons. The second-order valence-electron chi connectivity index (χ2n) is 5.44. The Morgan fingerprint density at radius 2 is 2.19 bits per heavy atom. The van der Waals surface area contributed by atoms with Gasteiger partial charge in [0.15, 0.2) is 4.96 Å². The van der Waals surface area contributed by atoms with Crippen molar-refractivity contribution in [2.45, 2.75) is 40.2 Å². The number of imidazole rings is 1. The number of hydrogen-bond acceptors (Lipinski definition) is 4. The van der Waals surface area contributed by atoms with E-state index in [-0.39, 0.29) is 0 Å². The first-order valence-corrected chi connectivity index (χ1v) is 8.10. The zero-order valence-electron chi connectivity index (χ0n) is 12.7. The fourth-order valence-corrected chi connectivity index (χ4v) is 3.45. The highest BCUT2D eigenvalue weighted by atomic mass is 32.1. The Bertz CT molecular complexity index is 736. The van der Waals surface area contributed by atoms with E-state index in [1.165, 1.54) is 21.8 Å². The van der Waals surface area contributed by atoms with Crippen LogP contribution in [0.2, 0.25) is 0 Å². The number of aryl methyl sites for hydroxylation is 4. The molecule has 3 heterocycles. The van der Waals surface area contributed by atoms with Gasteiger partial charge in [0, 0.05) is 23.3 Å². The Labute approximate surface area is 128 Å². The Morgan fingerprint density at radius 3 is 2.95 bits per heavy atom. The first-order valence-electron chi connectivity index (χ1n) is 7.28. The molecule has 0 spiro atoms. The molecule has 0 unspecified atom stereocenters. The van der Waals surface area contributed by atoms with E-state index in [2.05, 4.69) is 51.9 Å². The summed E-state index contributed by atoms with van der Waals surface area (Å²) in [4.78, 5) is 7.01. The van der Waals surface area contributed by atoms with Crippen LogP contribution in [0, 0.1) is 20.8 Å². The van der Waals surface area contributed by atoms with Crippen LogP contribution in [0.3, 0.4) is 0 Å². The van der Waals surface area contributed by atoms with Gasteiger partial charge in [-0.1, -0.05) is 0 Å². The van der Waals surface area contributed by atoms with E-state index in [4.69, 9.17) is 0 Å². The first kappa shape index (κ1) is 14.3. The van der Waals surface area contributed by atoms with E-state index >= 15 is 0 Å². The van der Waals surface area contributed by atoms with Crippen LogP contribution in [0.5, 0.6) is 0 Å². The van der Waals surface area contributed by atoms with Crippen molar-refractivity contribution in [1.29, 1.82) is 0 Å². The van der Waals surface area contributed by atoms with Gasteiger partial charge in [-0.05, 0) is 45.7 Å². The number of nitrogens with zero attached hydrogens (tertiary/aromatic N) is 3. The highest BCUT2D eigenvalue weighted by Crippen LogP contribution is 2.20. The molecule has 112 valence electrons. The van der Waals surface area contributed by atoms with Gasteiger partial charge in [0.1, 0.15) is 0 Å². The minimum atomic E-state index is 0.869. The van der Waals surface area contributed by atoms with Crippen LogP contribution in [0.15, 0.2) is 12.4 Å². The largest absolute Gasteiger partial charge is 0.311 e. The number of aromatic amines is 1. The number of rotatable bonds is 6. The molecule has 3 aromatic heterocycles. The second kappa shape index (κ2) is 5.99. The van der Waals surface area contributed by atoms with Crippen molar-refractivity contribution in [1.82, 2.24) is 24.9 Å². The van der Waals surface area contributed by atoms with Crippen LogP contribution in [-0.2, 0) is 13.0 Å². The van der Waals surface area contributed by atoms with Gasteiger partial charge in [-0.3, -0.25) is 9.50 Å². The molecule has 0 saturated carbocycles. The van der Waals surface area contributed by atoms with Gasteiger partial charge in [0.25, 0.3) is 0 Å². The monoisotopic (exact) mass is 303 g/mol. The summed E-state index contributed by atoms with van der Waals surface area (Å²) in [7, 11) is 0. The summed E-state index contributed by atoms with van der Waals surface area (Å²) in [6, 6.07) is 0. The molecular weight excluding hydrogens is 282 g/mol. The maximum Gasteiger partial charge on any atom is 0.194 e. The van der Waals surface area contributed by atoms with Crippen molar-refractivity contribution >= 4 is 16.3 Å². The predicted molar refractivity (Wildman–Crippen MR) is 85.9 cm³/mol. The topological polar surface area (TPSA) is 58.0 Å². The van der Waals surface area contributed by atoms with Crippen molar-refractivity contribution < 1.29 is 0 Å². The molecule has 0 bridgehead atoms. The van der Waals surface area contributed by atoms with Gasteiger partial charge < -0.3 is 5.32 Å². The maximum absolute atomic E-state index is 4.61. The average molecular weight is 303 g/mol. The fraction of sp³-hybridized carbons (Fsp3) is 0.467. The third-order valence-corrected chi connectivity index (χ3v) is 4.67. The first-order chi connectivity index (χ1) is 10.1. The average Bonchev–Trinajstić information content (AvgIpc) is 3.07. The van der Waals surface area contributed by atoms with Gasteiger partial charge in [0.05, 0.1) is 17.6 Å². The molecule has 3 rings (SSSR count). The summed E-state index contributed by atoms with van der Waals surface area (Å²) in [5.41, 5.74) is 4.89. The van der Waals surface area contributed by atoms with E-state index in [1.54, 1.807) is 11.3 Å². The number of thiazole rings is 1. The van der Waals surface area contributed by atoms with Gasteiger partial charge in [-0.15, -0.1) is 11.3 Å². The highest BCUT2D eigenvalue weighted by Gasteiger charge is 2.10. The molecule has 0 aliphatic heterocycles. The molecule has 2 N–H and O–H groups in total. The third kappa shape index (κ3) is 3.01. The lowest BCUT2D eigenvalue weighted by molar-refractivity contribution is 0.635. The standard InChI is InChI=1S/C15H21N5S/c1-10-9-20-14(12(3)18-15(20)21-10)8-16-6-4-5-13-7-17-19-11(13)2/h7,9,16H,4-6,8H2,1-3H3,(H,17,19). The molecule has 0 amide bonds. The summed E-state index contributed by atoms with van der Waals surface area (Å²) < 4.78 is 2.21. The fourth-order valence-electron chi connectivity index (χ4n) is 2.56. The van der Waals surface area contributed by atoms with E-state index in [9.17, 15) is 0 Å². The zero-order valence-corrected chi connectivity index (χ0v) is 13.5. The quantitative estimate of drug-likeness (QED) is 0.688. The van der Waals surface area contributed by atoms with Crippen LogP contribution >= 0.6 is 11.3 Å². The van der Waals surface area contributed by atoms with Crippen molar-refractivity contribution in [3.8, 4) is 0 Å². The van der Waals surface area contributed by atoms with Crippen LogP contribution in [0.1, 0.15) is 33.9 Å². The normalized spacial score (nSPS) is 11.6. The zero-order chi connectivity index (χ0) is 14.8. The molecular formula is C15H21N5S. The third-order valence-electron chi connectivity index (χ3n) is 3.77. The SMILES string of the molecule is Cc1cn2c(CNCCCc3cn[nH]c3C)c(C)nc2s1. The number of H-pyrrole nitrogens is 1. The lowest BCUT2D eigenvalue weighted by Crippen LogP contribution is -2.17. The summed E-state index contributed by atoms with van der Waals surface area (Å²) in [5, 5.41) is 10.6. The van der Waals surface area contributed by atoms with Gasteiger partial charge in [-0.25, -0.2) is 4.98 Å². The number of nitrogens with one attached hydrogen (secondary N) is 2. The molecule has 0 saturated heterocycles. The smallest absolute Gasteiger partial charge is 0.194 e. The van der Waals surface area contributed by atoms with Crippen molar-refractivity contribution in [2.75, 3.05) is 6.54 Å². The van der Waals surface area contributed by atoms with E-state index in [0.29, 0.717) is 0 Å². The summed E-state index contributed by atoms with van der Waals surface area (Å²) >= 11 is 1.74. The minimum Gasteiger partial charge on any atom is -0.311 e. The van der Waals surface area contributed by atoms with Crippen LogP contribution in [0.4, 0.5) is 0 Å². The van der Waals surface area contributed by atoms with E-state index in [0.717, 1.165) is 36.6 Å². The molecule has 0 aromatic carbocycles. The van der Waals surface area contributed by atoms with Crippen LogP contribution in [0.25, 0.3) is 4.96 Å². The number of hydrogen-bond donors (Lipinski definition) is 2. The minimum absolute atomic E-state index is 0.869. The van der Waals surface area contributed by atoms with E-state index in [1.807, 2.05) is 6.20 Å². The van der Waals surface area contributed by atoms with Gasteiger partial charge in [0.2, 0.25) is 0 Å². The molecule has 0 aliphatic carbocycles. The van der Waals surface area contributed by atoms with Crippen molar-refractivity contribution in [3.05, 3.63) is 39.9 Å². The Kier molecular flexibility index (Phi) is 4.07. The lowest BCUT2D eigenvalue weighted by atomic mass is 10.1. The molecule has 0 atom stereocenters. The summed E-state index contributed by atoms with van der Waals surface area (Å²) in [5.74, 6) is 0. The Morgan fingerprint density at radius 1 is 1.33 bits per heavy atom. The van der Waals surface area contributed by atoms with Crippen LogP contribution < -0.4 is 5.32 Å². The molecule has 5 nitrogen and oxygen atoms in total. The predicted octanol–water partition coefficient (Wildman–Crippen LogP) is 2.77. The molecule has 0 aliphatic rings. The molecule has 0 fully saturated rings. The van der Waals surface area contributed by atoms with Crippen LogP contribution in [-0.4, -0.2) is 26.1 Å². The van der Waals surface area contributed by atoms with Crippen molar-refractivity contribution in [2.24, 2.45) is 0 Å². The number of fused-ring (bicyclic) bond motifs is 1. The summed E-state index contributed by atoms with van der Waals surface area (Å²) in [6.07, 6.45) is 6.28. The van der Waals surface area contributed by atoms with E-state index < -0.39 is 0 Å². The summed E-state index contributed by atoms with van der Waals surface area (Å²) in [6.45, 7) is 8.15. The van der Waals surface area contributed by atoms with Gasteiger partial charge >= 0.3 is 0 Å². The lowest BCUT2D eigenvalue weighted by Gasteiger charge is -2.05. The Balaban J connectivity index is 1.52. The van der Waals surface area contributed by atoms with Gasteiger partial charge in [-0.2, -0.15) is 5.10 Å². The Hall–Kier alpha value is -1.66. The molecule has 6 heteroatoms. The second-order valence-corrected chi connectivity index (χ2v) is 6.65. The number of aromatic nitrogens is 4. The maximum atomic E-state index is 4.61.